The number of benzene rings is 1. The molecule has 130 valence electrons. The Hall–Kier alpha value is -2.03. The summed E-state index contributed by atoms with van der Waals surface area (Å²) < 4.78 is 5.23. The molecule has 0 saturated carbocycles. The van der Waals surface area contributed by atoms with Gasteiger partial charge in [0.05, 0.1) is 0 Å². The molecule has 6 nitrogen and oxygen atoms in total. The molecule has 0 fully saturated rings. The van der Waals surface area contributed by atoms with Gasteiger partial charge in [0.2, 0.25) is 0 Å². The van der Waals surface area contributed by atoms with Gasteiger partial charge in [-0.05, 0) is 0 Å². The fraction of sp³-hybridized carbons (Fsp3) is 0.471. The van der Waals surface area contributed by atoms with E-state index in [1.807, 2.05) is 30.3 Å². The molecule has 1 aromatic carbocycles. The van der Waals surface area contributed by atoms with Gasteiger partial charge in [0, 0.05) is 0 Å². The van der Waals surface area contributed by atoms with E-state index in [4.69, 9.17) is 10.00 Å². The van der Waals surface area contributed by atoms with Crippen LogP contribution in [0.3, 0.4) is 0 Å². The van der Waals surface area contributed by atoms with Crippen LogP contribution in [0.2, 0.25) is 5.32 Å². The third-order valence-electron chi connectivity index (χ3n) is 2.86. The van der Waals surface area contributed by atoms with Crippen molar-refractivity contribution < 1.29 is 14.3 Å². The predicted molar refractivity (Wildman–Crippen MR) is 92.5 cm³/mol. The van der Waals surface area contributed by atoms with E-state index in [-0.39, 0.29) is 20.9 Å². The fourth-order valence-electron chi connectivity index (χ4n) is 1.90. The summed E-state index contributed by atoms with van der Waals surface area (Å²) in [5, 5.41) is 14.6. The molecule has 0 radical (unpaired) electrons. The molecule has 24 heavy (non-hydrogen) atoms. The quantitative estimate of drug-likeness (QED) is 0.544. The van der Waals surface area contributed by atoms with Gasteiger partial charge in [0.25, 0.3) is 0 Å². The molecule has 1 atom stereocenters. The van der Waals surface area contributed by atoms with Crippen molar-refractivity contribution in [2.75, 3.05) is 6.54 Å². The first-order chi connectivity index (χ1) is 11.3. The monoisotopic (exact) mass is 397 g/mol. The fourth-order valence-corrected chi connectivity index (χ4v) is 2.52. The first-order valence-corrected chi connectivity index (χ1v) is 9.70. The number of nitrogens with zero attached hydrogens (tertiary/aromatic N) is 1. The maximum atomic E-state index is 12.4. The van der Waals surface area contributed by atoms with E-state index < -0.39 is 17.7 Å². The van der Waals surface area contributed by atoms with Crippen molar-refractivity contribution >= 4 is 27.0 Å². The van der Waals surface area contributed by atoms with Crippen molar-refractivity contribution in [1.82, 2.24) is 10.6 Å². The molecule has 0 heterocycles. The van der Waals surface area contributed by atoms with E-state index in [2.05, 4.69) is 15.6 Å². The van der Waals surface area contributed by atoms with E-state index >= 15 is 0 Å². The van der Waals surface area contributed by atoms with Crippen LogP contribution in [0.1, 0.15) is 26.3 Å². The van der Waals surface area contributed by atoms with Crippen LogP contribution in [0.15, 0.2) is 30.3 Å². The Morgan fingerprint density at radius 1 is 1.29 bits per heavy atom. The zero-order valence-electron chi connectivity index (χ0n) is 14.2. The summed E-state index contributed by atoms with van der Waals surface area (Å²) in [6, 6.07) is 8.73. The molecule has 0 spiro atoms. The second-order valence-corrected chi connectivity index (χ2v) is 7.96. The number of alkyl carbamates (subject to hydrolysis) is 1. The van der Waals surface area contributed by atoms with E-state index in [1.165, 1.54) is 0 Å². The molecule has 2 amide bonds. The van der Waals surface area contributed by atoms with E-state index in [9.17, 15) is 9.59 Å². The van der Waals surface area contributed by atoms with Crippen molar-refractivity contribution in [2.45, 2.75) is 44.2 Å². The Morgan fingerprint density at radius 2 is 1.96 bits per heavy atom. The molecule has 0 aliphatic heterocycles. The van der Waals surface area contributed by atoms with E-state index in [0.717, 1.165) is 5.56 Å². The summed E-state index contributed by atoms with van der Waals surface area (Å²) in [6.07, 6.45) is -0.255. The van der Waals surface area contributed by atoms with Crippen LogP contribution in [-0.2, 0) is 16.0 Å². The predicted octanol–water partition coefficient (Wildman–Crippen LogP) is 1.84. The second-order valence-electron chi connectivity index (χ2n) is 6.12. The molecule has 1 aromatic rings. The number of rotatable bonds is 7. The average Bonchev–Trinajstić information content (AvgIpc) is 2.50. The number of nitriles is 1. The number of hydrogen-bond acceptors (Lipinski definition) is 4. The zero-order chi connectivity index (χ0) is 18.0. The molecular weight excluding hydrogens is 373 g/mol. The summed E-state index contributed by atoms with van der Waals surface area (Å²) >= 11 is -0.138. The van der Waals surface area contributed by atoms with E-state index in [1.54, 1.807) is 20.8 Å². The van der Waals surface area contributed by atoms with Gasteiger partial charge in [-0.2, -0.15) is 0 Å². The summed E-state index contributed by atoms with van der Waals surface area (Å²) in [6.45, 7) is 5.72. The van der Waals surface area contributed by atoms with Gasteiger partial charge in [-0.15, -0.1) is 0 Å². The van der Waals surface area contributed by atoms with Gasteiger partial charge >= 0.3 is 149 Å². The topological polar surface area (TPSA) is 91.2 Å². The van der Waals surface area contributed by atoms with Crippen molar-refractivity contribution in [3.8, 4) is 4.97 Å². The van der Waals surface area contributed by atoms with Crippen molar-refractivity contribution in [3.63, 3.8) is 0 Å². The molecular formula is C17H23N3O3Se. The van der Waals surface area contributed by atoms with Crippen LogP contribution < -0.4 is 10.6 Å². The van der Waals surface area contributed by atoms with Crippen LogP contribution in [0.4, 0.5) is 4.79 Å². The van der Waals surface area contributed by atoms with Gasteiger partial charge in [0.15, 0.2) is 0 Å². The Balaban J connectivity index is 2.69. The Bertz CT molecular complexity index is 579. The molecule has 0 aliphatic carbocycles. The van der Waals surface area contributed by atoms with Gasteiger partial charge in [-0.25, -0.2) is 0 Å². The van der Waals surface area contributed by atoms with Crippen LogP contribution in [-0.4, -0.2) is 45.1 Å². The van der Waals surface area contributed by atoms with Gasteiger partial charge in [0.1, 0.15) is 0 Å². The summed E-state index contributed by atoms with van der Waals surface area (Å²) in [7, 11) is 0. The number of ether oxygens (including phenoxy) is 1. The van der Waals surface area contributed by atoms with Crippen LogP contribution in [0, 0.1) is 10.2 Å². The minimum atomic E-state index is -0.725. The normalized spacial score (nSPS) is 11.9. The third-order valence-corrected chi connectivity index (χ3v) is 3.99. The first kappa shape index (κ1) is 20.0. The van der Waals surface area contributed by atoms with Crippen molar-refractivity contribution in [2.24, 2.45) is 0 Å². The molecule has 0 bridgehead atoms. The number of carbonyl (C=O) groups is 2. The zero-order valence-corrected chi connectivity index (χ0v) is 15.9. The van der Waals surface area contributed by atoms with E-state index in [0.29, 0.717) is 18.3 Å². The minimum absolute atomic E-state index is 0.138. The van der Waals surface area contributed by atoms with Crippen molar-refractivity contribution in [1.29, 1.82) is 5.26 Å². The Morgan fingerprint density at radius 3 is 2.54 bits per heavy atom. The van der Waals surface area contributed by atoms with Crippen LogP contribution >= 0.6 is 0 Å². The number of hydrogen-bond donors (Lipinski definition) is 2. The molecule has 2 N–H and O–H groups in total. The number of amides is 2. The molecule has 1 rings (SSSR count). The molecule has 0 unspecified atom stereocenters. The molecule has 7 heteroatoms. The Labute approximate surface area is 149 Å². The number of nitrogens with one attached hydrogen (secondary N) is 2. The molecule has 0 saturated heterocycles. The van der Waals surface area contributed by atoms with Gasteiger partial charge in [-0.3, -0.25) is 0 Å². The van der Waals surface area contributed by atoms with Crippen LogP contribution in [0.5, 0.6) is 0 Å². The van der Waals surface area contributed by atoms with Crippen LogP contribution in [0.25, 0.3) is 0 Å². The van der Waals surface area contributed by atoms with Crippen molar-refractivity contribution in [3.05, 3.63) is 35.9 Å². The van der Waals surface area contributed by atoms with Gasteiger partial charge < -0.3 is 0 Å². The first-order valence-electron chi connectivity index (χ1n) is 7.64. The second kappa shape index (κ2) is 9.96. The third kappa shape index (κ3) is 8.56. The number of carbonyl (C=O) groups excluding carboxylic acids is 2. The molecule has 0 aromatic heterocycles. The average molecular weight is 396 g/mol. The standard InChI is InChI=1S/C17H23N3O3Se/c1-17(2,3)23-16(22)20-14(11-13-7-5-4-6-8-13)15(21)19-9-10-24-12-18/h4-8,14H,9-11H2,1-3H3,(H,19,21)(H,20,22)/t14-/m0/s1. The summed E-state index contributed by atoms with van der Waals surface area (Å²) in [5.74, 6) is -0.279. The molecule has 0 aliphatic rings. The Kier molecular flexibility index (Phi) is 8.31. The van der Waals surface area contributed by atoms with Gasteiger partial charge in [-0.1, -0.05) is 0 Å². The summed E-state index contributed by atoms with van der Waals surface area (Å²) in [4.78, 5) is 26.4. The maximum absolute atomic E-state index is 12.4. The summed E-state index contributed by atoms with van der Waals surface area (Å²) in [5.41, 5.74) is 0.308. The SMILES string of the molecule is CC(C)(C)OC(=O)N[C@@H](Cc1ccccc1)C(=O)NCC[Se]C#N.